The highest BCUT2D eigenvalue weighted by atomic mass is 19.4. The molecule has 1 saturated heterocycles. The lowest BCUT2D eigenvalue weighted by atomic mass is 9.78. The van der Waals surface area contributed by atoms with Gasteiger partial charge in [0.25, 0.3) is 0 Å². The van der Waals surface area contributed by atoms with Gasteiger partial charge in [0.15, 0.2) is 0 Å². The van der Waals surface area contributed by atoms with Crippen molar-refractivity contribution >= 4 is 0 Å². The number of alkyl halides is 3. The van der Waals surface area contributed by atoms with Crippen molar-refractivity contribution < 1.29 is 13.2 Å². The minimum Gasteiger partial charge on any atom is -0.316 e. The fourth-order valence-corrected chi connectivity index (χ4v) is 2.97. The third kappa shape index (κ3) is 3.17. The van der Waals surface area contributed by atoms with Gasteiger partial charge < -0.3 is 5.32 Å². The van der Waals surface area contributed by atoms with Crippen LogP contribution in [-0.4, -0.2) is 13.1 Å². The highest BCUT2D eigenvalue weighted by molar-refractivity contribution is 5.43. The van der Waals surface area contributed by atoms with E-state index in [1.54, 1.807) is 18.2 Å². The molecule has 1 atom stereocenters. The van der Waals surface area contributed by atoms with Crippen LogP contribution >= 0.6 is 0 Å². The van der Waals surface area contributed by atoms with Gasteiger partial charge in [-0.3, -0.25) is 0 Å². The predicted molar refractivity (Wildman–Crippen MR) is 75.0 cm³/mol. The Balaban J connectivity index is 2.56. The Kier molecular flexibility index (Phi) is 4.14. The van der Waals surface area contributed by atoms with Gasteiger partial charge in [0.2, 0.25) is 0 Å². The molecular formula is C16H22F3N. The lowest BCUT2D eigenvalue weighted by Gasteiger charge is -2.30. The Morgan fingerprint density at radius 3 is 2.35 bits per heavy atom. The fourth-order valence-electron chi connectivity index (χ4n) is 2.97. The SMILES string of the molecule is CC(C)(C)c1cccc(C2CCCNC2)c1C(F)(F)F. The second-order valence-electron chi connectivity index (χ2n) is 6.56. The van der Waals surface area contributed by atoms with Crippen LogP contribution in [0.15, 0.2) is 18.2 Å². The summed E-state index contributed by atoms with van der Waals surface area (Å²) in [5.74, 6) is -0.0392. The summed E-state index contributed by atoms with van der Waals surface area (Å²) < 4.78 is 40.7. The largest absolute Gasteiger partial charge is 0.416 e. The Morgan fingerprint density at radius 1 is 1.15 bits per heavy atom. The molecule has 1 fully saturated rings. The summed E-state index contributed by atoms with van der Waals surface area (Å²) in [5, 5.41) is 3.20. The molecule has 1 aromatic rings. The predicted octanol–water partition coefficient (Wildman–Crippen LogP) is 4.47. The molecule has 0 saturated carbocycles. The number of piperidine rings is 1. The average Bonchev–Trinajstić information content (AvgIpc) is 2.37. The molecule has 0 spiro atoms. The lowest BCUT2D eigenvalue weighted by molar-refractivity contribution is -0.139. The Labute approximate surface area is 118 Å². The first-order chi connectivity index (χ1) is 9.21. The smallest absolute Gasteiger partial charge is 0.316 e. The van der Waals surface area contributed by atoms with Gasteiger partial charge in [0, 0.05) is 6.54 Å². The number of halogens is 3. The summed E-state index contributed by atoms with van der Waals surface area (Å²) in [4.78, 5) is 0. The van der Waals surface area contributed by atoms with Gasteiger partial charge in [-0.15, -0.1) is 0 Å². The molecule has 2 rings (SSSR count). The van der Waals surface area contributed by atoms with Crippen LogP contribution < -0.4 is 5.32 Å². The molecule has 1 nitrogen and oxygen atoms in total. The van der Waals surface area contributed by atoms with E-state index in [0.29, 0.717) is 17.7 Å². The van der Waals surface area contributed by atoms with Crippen molar-refractivity contribution in [1.29, 1.82) is 0 Å². The van der Waals surface area contributed by atoms with Crippen LogP contribution in [-0.2, 0) is 11.6 Å². The highest BCUT2D eigenvalue weighted by Gasteiger charge is 2.40. The van der Waals surface area contributed by atoms with Crippen LogP contribution in [0.4, 0.5) is 13.2 Å². The zero-order valence-corrected chi connectivity index (χ0v) is 12.3. The summed E-state index contributed by atoms with van der Waals surface area (Å²) in [6.07, 6.45) is -2.54. The van der Waals surface area contributed by atoms with E-state index < -0.39 is 17.2 Å². The van der Waals surface area contributed by atoms with E-state index in [0.717, 1.165) is 19.4 Å². The van der Waals surface area contributed by atoms with Crippen molar-refractivity contribution in [2.45, 2.75) is 51.1 Å². The maximum absolute atomic E-state index is 13.6. The second-order valence-corrected chi connectivity index (χ2v) is 6.56. The maximum Gasteiger partial charge on any atom is 0.416 e. The van der Waals surface area contributed by atoms with Crippen molar-refractivity contribution in [3.8, 4) is 0 Å². The first-order valence-electron chi connectivity index (χ1n) is 7.12. The molecule has 0 radical (unpaired) electrons. The minimum atomic E-state index is -4.29. The van der Waals surface area contributed by atoms with E-state index in [1.165, 1.54) is 0 Å². The van der Waals surface area contributed by atoms with E-state index in [-0.39, 0.29) is 5.92 Å². The molecule has 0 aliphatic carbocycles. The molecule has 112 valence electrons. The molecular weight excluding hydrogens is 263 g/mol. The lowest BCUT2D eigenvalue weighted by Crippen LogP contribution is -2.31. The number of rotatable bonds is 1. The number of benzene rings is 1. The van der Waals surface area contributed by atoms with E-state index >= 15 is 0 Å². The third-order valence-corrected chi connectivity index (χ3v) is 3.92. The Bertz CT molecular complexity index is 466. The molecule has 1 aliphatic rings. The topological polar surface area (TPSA) is 12.0 Å². The summed E-state index contributed by atoms with van der Waals surface area (Å²) >= 11 is 0. The number of nitrogens with one attached hydrogen (secondary N) is 1. The summed E-state index contributed by atoms with van der Waals surface area (Å²) in [7, 11) is 0. The van der Waals surface area contributed by atoms with Crippen LogP contribution in [0.2, 0.25) is 0 Å². The van der Waals surface area contributed by atoms with Gasteiger partial charge in [-0.1, -0.05) is 39.0 Å². The van der Waals surface area contributed by atoms with Crippen molar-refractivity contribution in [3.63, 3.8) is 0 Å². The highest BCUT2D eigenvalue weighted by Crippen LogP contribution is 2.42. The van der Waals surface area contributed by atoms with Gasteiger partial charge in [0.1, 0.15) is 0 Å². The van der Waals surface area contributed by atoms with Gasteiger partial charge >= 0.3 is 6.18 Å². The quantitative estimate of drug-likeness (QED) is 0.802. The molecule has 0 amide bonds. The second kappa shape index (κ2) is 5.40. The van der Waals surface area contributed by atoms with Crippen LogP contribution in [0, 0.1) is 0 Å². The summed E-state index contributed by atoms with van der Waals surface area (Å²) in [6.45, 7) is 7.04. The average molecular weight is 285 g/mol. The molecule has 1 aromatic carbocycles. The van der Waals surface area contributed by atoms with E-state index in [2.05, 4.69) is 5.32 Å². The Hall–Kier alpha value is -1.03. The number of hydrogen-bond acceptors (Lipinski definition) is 1. The first-order valence-corrected chi connectivity index (χ1v) is 7.12. The van der Waals surface area contributed by atoms with E-state index in [9.17, 15) is 13.2 Å². The molecule has 1 aliphatic heterocycles. The maximum atomic E-state index is 13.6. The van der Waals surface area contributed by atoms with Crippen molar-refractivity contribution in [1.82, 2.24) is 5.32 Å². The van der Waals surface area contributed by atoms with Crippen LogP contribution in [0.3, 0.4) is 0 Å². The first kappa shape index (κ1) is 15.4. The van der Waals surface area contributed by atoms with Crippen LogP contribution in [0.25, 0.3) is 0 Å². The minimum absolute atomic E-state index is 0.0392. The van der Waals surface area contributed by atoms with Crippen molar-refractivity contribution in [2.75, 3.05) is 13.1 Å². The molecule has 1 N–H and O–H groups in total. The van der Waals surface area contributed by atoms with E-state index in [4.69, 9.17) is 0 Å². The van der Waals surface area contributed by atoms with Crippen LogP contribution in [0.1, 0.15) is 56.2 Å². The van der Waals surface area contributed by atoms with Gasteiger partial charge in [-0.2, -0.15) is 13.2 Å². The standard InChI is InChI=1S/C16H22F3N/c1-15(2,3)13-8-4-7-12(14(13)16(17,18)19)11-6-5-9-20-10-11/h4,7-8,11,20H,5-6,9-10H2,1-3H3. The van der Waals surface area contributed by atoms with Gasteiger partial charge in [-0.05, 0) is 41.8 Å². The summed E-state index contributed by atoms with van der Waals surface area (Å²) in [6, 6.07) is 5.03. The van der Waals surface area contributed by atoms with Crippen molar-refractivity contribution in [3.05, 3.63) is 34.9 Å². The van der Waals surface area contributed by atoms with Crippen LogP contribution in [0.5, 0.6) is 0 Å². The molecule has 4 heteroatoms. The van der Waals surface area contributed by atoms with Gasteiger partial charge in [0.05, 0.1) is 5.56 Å². The fraction of sp³-hybridized carbons (Fsp3) is 0.625. The summed E-state index contributed by atoms with van der Waals surface area (Å²) in [5.41, 5.74) is -0.0745. The molecule has 0 aromatic heterocycles. The molecule has 1 heterocycles. The zero-order valence-electron chi connectivity index (χ0n) is 12.3. The van der Waals surface area contributed by atoms with Crippen molar-refractivity contribution in [2.24, 2.45) is 0 Å². The normalized spacial score (nSPS) is 21.0. The molecule has 0 bridgehead atoms. The molecule has 20 heavy (non-hydrogen) atoms. The zero-order chi connectivity index (χ0) is 15.0. The Morgan fingerprint density at radius 2 is 1.85 bits per heavy atom. The van der Waals surface area contributed by atoms with E-state index in [1.807, 2.05) is 20.8 Å². The monoisotopic (exact) mass is 285 g/mol. The van der Waals surface area contributed by atoms with Gasteiger partial charge in [-0.25, -0.2) is 0 Å². The third-order valence-electron chi connectivity index (χ3n) is 3.92. The number of hydrogen-bond donors (Lipinski definition) is 1. The molecule has 1 unspecified atom stereocenters.